The van der Waals surface area contributed by atoms with Crippen LogP contribution >= 0.6 is 23.4 Å². The van der Waals surface area contributed by atoms with Crippen LogP contribution in [0.25, 0.3) is 10.9 Å². The number of rotatable bonds is 10. The standard InChI is InChI=1S/C27H27ClF4N2O3S/c1-37-17-2-3-23-18(14-17)24(19(28)15-33-23)20(30)4-5-27(26(35)36)6-8-34(9-7-27)10-11-38-25-21(31)12-16(29)13-22(25)32/h2-3,12-15,20H,4-11H2,1H3,(H,35,36)/t20-/m1/s1. The van der Waals surface area contributed by atoms with Crippen molar-refractivity contribution in [3.8, 4) is 5.75 Å². The van der Waals surface area contributed by atoms with Crippen LogP contribution in [0, 0.1) is 22.9 Å². The van der Waals surface area contributed by atoms with Crippen LogP contribution in [0.5, 0.6) is 5.75 Å². The third-order valence-corrected chi connectivity index (χ3v) is 8.51. The summed E-state index contributed by atoms with van der Waals surface area (Å²) in [5, 5.41) is 10.7. The number of aliphatic carboxylic acids is 1. The first-order chi connectivity index (χ1) is 18.1. The summed E-state index contributed by atoms with van der Waals surface area (Å²) in [4.78, 5) is 18.3. The van der Waals surface area contributed by atoms with Crippen molar-refractivity contribution in [1.82, 2.24) is 9.88 Å². The predicted molar refractivity (Wildman–Crippen MR) is 139 cm³/mol. The molecule has 11 heteroatoms. The molecule has 1 aliphatic heterocycles. The molecule has 0 bridgehead atoms. The van der Waals surface area contributed by atoms with Crippen molar-refractivity contribution in [3.05, 3.63) is 64.6 Å². The molecule has 0 amide bonds. The van der Waals surface area contributed by atoms with Gasteiger partial charge in [0.2, 0.25) is 0 Å². The van der Waals surface area contributed by atoms with Gasteiger partial charge >= 0.3 is 5.97 Å². The minimum Gasteiger partial charge on any atom is -0.497 e. The summed E-state index contributed by atoms with van der Waals surface area (Å²) in [6, 6.07) is 6.39. The van der Waals surface area contributed by atoms with E-state index in [1.165, 1.54) is 13.3 Å². The molecule has 0 unspecified atom stereocenters. The summed E-state index contributed by atoms with van der Waals surface area (Å²) in [5.41, 5.74) is -0.255. The largest absolute Gasteiger partial charge is 0.497 e. The Hall–Kier alpha value is -2.56. The molecule has 1 atom stereocenters. The van der Waals surface area contributed by atoms with Crippen molar-refractivity contribution in [3.63, 3.8) is 0 Å². The van der Waals surface area contributed by atoms with Gasteiger partial charge in [-0.15, -0.1) is 11.8 Å². The van der Waals surface area contributed by atoms with Crippen LogP contribution in [0.1, 0.15) is 37.4 Å². The minimum atomic E-state index is -1.49. The number of ether oxygens (including phenoxy) is 1. The number of aromatic nitrogens is 1. The molecule has 38 heavy (non-hydrogen) atoms. The van der Waals surface area contributed by atoms with Crippen LogP contribution in [-0.4, -0.2) is 53.5 Å². The number of hydrogen-bond acceptors (Lipinski definition) is 5. The first-order valence-corrected chi connectivity index (χ1v) is 13.5. The Balaban J connectivity index is 1.37. The number of hydrogen-bond donors (Lipinski definition) is 1. The highest BCUT2D eigenvalue weighted by Crippen LogP contribution is 2.42. The number of nitrogens with zero attached hydrogens (tertiary/aromatic N) is 2. The van der Waals surface area contributed by atoms with Gasteiger partial charge < -0.3 is 14.7 Å². The lowest BCUT2D eigenvalue weighted by molar-refractivity contribution is -0.153. The zero-order valence-electron chi connectivity index (χ0n) is 20.7. The summed E-state index contributed by atoms with van der Waals surface area (Å²) in [7, 11) is 1.51. The number of likely N-dealkylation sites (tertiary alicyclic amines) is 1. The summed E-state index contributed by atoms with van der Waals surface area (Å²) in [5.74, 6) is -2.95. The van der Waals surface area contributed by atoms with Crippen LogP contribution in [0.2, 0.25) is 5.02 Å². The first-order valence-electron chi connectivity index (χ1n) is 12.1. The molecule has 1 fully saturated rings. The Kier molecular flexibility index (Phi) is 9.05. The molecule has 2 heterocycles. The number of alkyl halides is 1. The van der Waals surface area contributed by atoms with Crippen LogP contribution in [0.4, 0.5) is 17.6 Å². The highest BCUT2D eigenvalue weighted by molar-refractivity contribution is 7.99. The fourth-order valence-electron chi connectivity index (χ4n) is 4.88. The number of thioether (sulfide) groups is 1. The van der Waals surface area contributed by atoms with E-state index in [2.05, 4.69) is 4.98 Å². The summed E-state index contributed by atoms with van der Waals surface area (Å²) >= 11 is 7.27. The maximum Gasteiger partial charge on any atom is 0.309 e. The van der Waals surface area contributed by atoms with E-state index in [9.17, 15) is 23.1 Å². The summed E-state index contributed by atoms with van der Waals surface area (Å²) in [6.07, 6.45) is 0.635. The lowest BCUT2D eigenvalue weighted by atomic mass is 9.74. The summed E-state index contributed by atoms with van der Waals surface area (Å²) < 4.78 is 61.7. The van der Waals surface area contributed by atoms with E-state index in [1.54, 1.807) is 18.2 Å². The molecule has 2 aromatic carbocycles. The molecule has 1 aliphatic rings. The second kappa shape index (κ2) is 12.1. The Bertz CT molecular complexity index is 1300. The number of methoxy groups -OCH3 is 1. The van der Waals surface area contributed by atoms with E-state index in [-0.39, 0.29) is 28.3 Å². The normalized spacial score (nSPS) is 16.5. The smallest absolute Gasteiger partial charge is 0.309 e. The van der Waals surface area contributed by atoms with Crippen molar-refractivity contribution in [2.24, 2.45) is 5.41 Å². The number of fused-ring (bicyclic) bond motifs is 1. The zero-order chi connectivity index (χ0) is 27.4. The first kappa shape index (κ1) is 28.4. The van der Waals surface area contributed by atoms with Crippen molar-refractivity contribution >= 4 is 40.2 Å². The van der Waals surface area contributed by atoms with E-state index in [0.29, 0.717) is 67.0 Å². The third kappa shape index (κ3) is 6.18. The number of carboxylic acids is 1. The molecule has 0 spiro atoms. The highest BCUT2D eigenvalue weighted by Gasteiger charge is 2.41. The molecular weight excluding hydrogens is 544 g/mol. The molecule has 5 nitrogen and oxygen atoms in total. The lowest BCUT2D eigenvalue weighted by Gasteiger charge is -2.39. The molecule has 0 saturated carbocycles. The highest BCUT2D eigenvalue weighted by atomic mass is 35.5. The number of carbonyl (C=O) groups is 1. The van der Waals surface area contributed by atoms with Crippen molar-refractivity contribution in [2.45, 2.75) is 36.8 Å². The van der Waals surface area contributed by atoms with Gasteiger partial charge in [-0.1, -0.05) is 11.6 Å². The number of pyridine rings is 1. The molecule has 1 aromatic heterocycles. The second-order valence-corrected chi connectivity index (χ2v) is 10.9. The topological polar surface area (TPSA) is 62.7 Å². The van der Waals surface area contributed by atoms with Gasteiger partial charge in [-0.25, -0.2) is 17.6 Å². The second-order valence-electron chi connectivity index (χ2n) is 9.38. The Morgan fingerprint density at radius 1 is 1.21 bits per heavy atom. The van der Waals surface area contributed by atoms with Gasteiger partial charge in [0.25, 0.3) is 0 Å². The van der Waals surface area contributed by atoms with Crippen molar-refractivity contribution < 1.29 is 32.2 Å². The Morgan fingerprint density at radius 3 is 2.53 bits per heavy atom. The maximum absolute atomic E-state index is 15.6. The van der Waals surface area contributed by atoms with E-state index in [1.807, 2.05) is 4.90 Å². The molecule has 4 rings (SSSR count). The quantitative estimate of drug-likeness (QED) is 0.208. The SMILES string of the molecule is COc1ccc2ncc(Cl)c([C@H](F)CCC3(C(=O)O)CCN(CCSc4c(F)cc(F)cc4F)CC3)c2c1. The molecule has 204 valence electrons. The van der Waals surface area contributed by atoms with Crippen LogP contribution in [-0.2, 0) is 4.79 Å². The van der Waals surface area contributed by atoms with Gasteiger partial charge in [-0.2, -0.15) is 0 Å². The van der Waals surface area contributed by atoms with E-state index in [0.717, 1.165) is 11.8 Å². The third-order valence-electron chi connectivity index (χ3n) is 7.14. The van der Waals surface area contributed by atoms with Gasteiger partial charge in [0.1, 0.15) is 29.4 Å². The minimum absolute atomic E-state index is 0.0265. The Labute approximate surface area is 227 Å². The molecule has 1 saturated heterocycles. The van der Waals surface area contributed by atoms with E-state index in [4.69, 9.17) is 16.3 Å². The molecule has 0 radical (unpaired) electrons. The van der Waals surface area contributed by atoms with Crippen molar-refractivity contribution in [1.29, 1.82) is 0 Å². The van der Waals surface area contributed by atoms with Gasteiger partial charge in [0.05, 0.1) is 28.0 Å². The number of halogens is 5. The van der Waals surface area contributed by atoms with E-state index >= 15 is 4.39 Å². The van der Waals surface area contributed by atoms with Gasteiger partial charge in [-0.3, -0.25) is 9.78 Å². The van der Waals surface area contributed by atoms with Crippen LogP contribution < -0.4 is 4.74 Å². The lowest BCUT2D eigenvalue weighted by Crippen LogP contribution is -2.45. The van der Waals surface area contributed by atoms with Crippen LogP contribution in [0.3, 0.4) is 0 Å². The average Bonchev–Trinajstić information content (AvgIpc) is 2.89. The van der Waals surface area contributed by atoms with Crippen LogP contribution in [0.15, 0.2) is 41.4 Å². The maximum atomic E-state index is 15.6. The molecule has 3 aromatic rings. The summed E-state index contributed by atoms with van der Waals surface area (Å²) in [6.45, 7) is 1.38. The predicted octanol–water partition coefficient (Wildman–Crippen LogP) is 7.06. The fourth-order valence-corrected chi connectivity index (χ4v) is 6.10. The fraction of sp³-hybridized carbons (Fsp3) is 0.407. The van der Waals surface area contributed by atoms with Gasteiger partial charge in [-0.05, 0) is 57.0 Å². The number of benzene rings is 2. The zero-order valence-corrected chi connectivity index (χ0v) is 22.2. The monoisotopic (exact) mass is 570 g/mol. The van der Waals surface area contributed by atoms with Gasteiger partial charge in [0.15, 0.2) is 0 Å². The van der Waals surface area contributed by atoms with E-state index < -0.39 is 35.0 Å². The average molecular weight is 571 g/mol. The van der Waals surface area contributed by atoms with Crippen molar-refractivity contribution in [2.75, 3.05) is 32.5 Å². The number of piperidine rings is 1. The molecule has 0 aliphatic carbocycles. The molecule has 1 N–H and O–H groups in total. The molecular formula is C27H27ClF4N2O3S. The number of carboxylic acid groups (broad SMARTS) is 1. The van der Waals surface area contributed by atoms with Gasteiger partial charge in [0, 0.05) is 41.6 Å². The Morgan fingerprint density at radius 2 is 1.89 bits per heavy atom.